The van der Waals surface area contributed by atoms with E-state index in [9.17, 15) is 4.79 Å². The highest BCUT2D eigenvalue weighted by atomic mass is 16.5. The topological polar surface area (TPSA) is 86.5 Å². The van der Waals surface area contributed by atoms with Gasteiger partial charge in [-0.15, -0.1) is 0 Å². The molecule has 1 aromatic heterocycles. The van der Waals surface area contributed by atoms with E-state index in [1.165, 1.54) is 0 Å². The van der Waals surface area contributed by atoms with Crippen LogP contribution in [0.1, 0.15) is 32.3 Å². The van der Waals surface area contributed by atoms with Crippen LogP contribution in [0, 0.1) is 5.41 Å². The number of hydrogen-bond acceptors (Lipinski definition) is 5. The van der Waals surface area contributed by atoms with Gasteiger partial charge in [0.15, 0.2) is 0 Å². The molecule has 1 amide bonds. The van der Waals surface area contributed by atoms with E-state index in [-0.39, 0.29) is 5.91 Å². The van der Waals surface area contributed by atoms with Crippen LogP contribution in [0.15, 0.2) is 42.6 Å². The number of benzene rings is 1. The zero-order valence-electron chi connectivity index (χ0n) is 15.6. The molecular weight excluding hydrogens is 330 g/mol. The number of aromatic nitrogens is 1. The van der Waals surface area contributed by atoms with Crippen molar-refractivity contribution in [3.63, 3.8) is 0 Å². The molecule has 0 radical (unpaired) electrons. The van der Waals surface area contributed by atoms with Crippen molar-refractivity contribution in [3.8, 4) is 17.4 Å². The first-order chi connectivity index (χ1) is 12.6. The lowest BCUT2D eigenvalue weighted by Crippen LogP contribution is -2.45. The normalized spacial score (nSPS) is 11.1. The smallest absolute Gasteiger partial charge is 0.227 e. The molecule has 6 nitrogen and oxygen atoms in total. The summed E-state index contributed by atoms with van der Waals surface area (Å²) in [5.74, 6) is 1.73. The Labute approximate surface area is 154 Å². The average Bonchev–Trinajstić information content (AvgIpc) is 2.69. The zero-order chi connectivity index (χ0) is 19.0. The number of nitrogens with two attached hydrogens (primary N) is 1. The predicted octanol–water partition coefficient (Wildman–Crippen LogP) is 3.26. The van der Waals surface area contributed by atoms with Gasteiger partial charge >= 0.3 is 0 Å². The molecule has 6 heteroatoms. The minimum Gasteiger partial charge on any atom is -0.497 e. The van der Waals surface area contributed by atoms with Gasteiger partial charge in [-0.1, -0.05) is 26.0 Å². The van der Waals surface area contributed by atoms with Crippen molar-refractivity contribution in [2.24, 2.45) is 11.1 Å². The molecule has 0 atom stereocenters. The standard InChI is InChI=1S/C20H27N3O3/c1-4-20(5-2,14-21)19(24)23-13-15-8-7-11-22-18(15)26-17-10-6-9-16(12-17)25-3/h6-12H,4-5,13-14,21H2,1-3H3,(H,23,24). The van der Waals surface area contributed by atoms with E-state index < -0.39 is 5.41 Å². The van der Waals surface area contributed by atoms with Crippen molar-refractivity contribution in [2.75, 3.05) is 13.7 Å². The van der Waals surface area contributed by atoms with E-state index in [0.29, 0.717) is 43.3 Å². The summed E-state index contributed by atoms with van der Waals surface area (Å²) in [6.45, 7) is 4.62. The minimum absolute atomic E-state index is 0.0406. The quantitative estimate of drug-likeness (QED) is 0.719. The lowest BCUT2D eigenvalue weighted by Gasteiger charge is -2.28. The van der Waals surface area contributed by atoms with Crippen LogP contribution in [-0.4, -0.2) is 24.5 Å². The first kappa shape index (κ1) is 19.7. The van der Waals surface area contributed by atoms with Gasteiger partial charge in [-0.25, -0.2) is 4.98 Å². The molecule has 0 unspecified atom stereocenters. The van der Waals surface area contributed by atoms with E-state index in [1.807, 2.05) is 44.2 Å². The summed E-state index contributed by atoms with van der Waals surface area (Å²) in [4.78, 5) is 16.9. The summed E-state index contributed by atoms with van der Waals surface area (Å²) in [5.41, 5.74) is 6.11. The molecule has 2 rings (SSSR count). The summed E-state index contributed by atoms with van der Waals surface area (Å²) in [6.07, 6.45) is 3.06. The molecule has 0 spiro atoms. The third-order valence-electron chi connectivity index (χ3n) is 4.77. The summed E-state index contributed by atoms with van der Waals surface area (Å²) < 4.78 is 11.1. The van der Waals surface area contributed by atoms with Crippen LogP contribution in [-0.2, 0) is 11.3 Å². The van der Waals surface area contributed by atoms with Gasteiger partial charge in [-0.2, -0.15) is 0 Å². The number of pyridine rings is 1. The van der Waals surface area contributed by atoms with Crippen molar-refractivity contribution < 1.29 is 14.3 Å². The molecule has 1 aromatic carbocycles. The number of methoxy groups -OCH3 is 1. The fourth-order valence-corrected chi connectivity index (χ4v) is 2.74. The highest BCUT2D eigenvalue weighted by Gasteiger charge is 2.33. The zero-order valence-corrected chi connectivity index (χ0v) is 15.6. The number of carbonyl (C=O) groups excluding carboxylic acids is 1. The summed E-state index contributed by atoms with van der Waals surface area (Å²) in [6, 6.07) is 11.0. The van der Waals surface area contributed by atoms with Crippen molar-refractivity contribution in [1.29, 1.82) is 0 Å². The monoisotopic (exact) mass is 357 g/mol. The molecule has 0 aliphatic carbocycles. The summed E-state index contributed by atoms with van der Waals surface area (Å²) in [5, 5.41) is 2.98. The van der Waals surface area contributed by atoms with Crippen LogP contribution in [0.25, 0.3) is 0 Å². The molecular formula is C20H27N3O3. The van der Waals surface area contributed by atoms with Crippen LogP contribution >= 0.6 is 0 Å². The summed E-state index contributed by atoms with van der Waals surface area (Å²) in [7, 11) is 1.60. The van der Waals surface area contributed by atoms with Gasteiger partial charge in [-0.3, -0.25) is 4.79 Å². The van der Waals surface area contributed by atoms with Crippen molar-refractivity contribution in [3.05, 3.63) is 48.2 Å². The first-order valence-electron chi connectivity index (χ1n) is 8.82. The molecule has 0 saturated carbocycles. The Balaban J connectivity index is 2.12. The highest BCUT2D eigenvalue weighted by molar-refractivity contribution is 5.82. The van der Waals surface area contributed by atoms with E-state index in [2.05, 4.69) is 10.3 Å². The van der Waals surface area contributed by atoms with Gasteiger partial charge in [0.05, 0.1) is 12.5 Å². The van der Waals surface area contributed by atoms with Crippen LogP contribution in [0.4, 0.5) is 0 Å². The molecule has 140 valence electrons. The lowest BCUT2D eigenvalue weighted by molar-refractivity contribution is -0.131. The number of nitrogens with zero attached hydrogens (tertiary/aromatic N) is 1. The maximum Gasteiger partial charge on any atom is 0.227 e. The maximum absolute atomic E-state index is 12.6. The van der Waals surface area contributed by atoms with Crippen LogP contribution in [0.2, 0.25) is 0 Å². The van der Waals surface area contributed by atoms with Crippen LogP contribution < -0.4 is 20.5 Å². The second-order valence-electron chi connectivity index (χ2n) is 6.12. The lowest BCUT2D eigenvalue weighted by atomic mass is 9.81. The Morgan fingerprint density at radius 3 is 2.58 bits per heavy atom. The van der Waals surface area contributed by atoms with E-state index in [0.717, 1.165) is 5.56 Å². The highest BCUT2D eigenvalue weighted by Crippen LogP contribution is 2.27. The maximum atomic E-state index is 12.6. The SMILES string of the molecule is CCC(CC)(CN)C(=O)NCc1cccnc1Oc1cccc(OC)c1. The molecule has 0 bridgehead atoms. The largest absolute Gasteiger partial charge is 0.497 e. The Morgan fingerprint density at radius 1 is 1.19 bits per heavy atom. The Hall–Kier alpha value is -2.60. The summed E-state index contributed by atoms with van der Waals surface area (Å²) >= 11 is 0. The van der Waals surface area contributed by atoms with Gasteiger partial charge in [-0.05, 0) is 31.0 Å². The molecule has 0 saturated heterocycles. The van der Waals surface area contributed by atoms with Gasteiger partial charge in [0.25, 0.3) is 0 Å². The number of rotatable bonds is 9. The van der Waals surface area contributed by atoms with E-state index in [1.54, 1.807) is 19.4 Å². The Morgan fingerprint density at radius 2 is 1.92 bits per heavy atom. The predicted molar refractivity (Wildman–Crippen MR) is 101 cm³/mol. The van der Waals surface area contributed by atoms with Crippen LogP contribution in [0.5, 0.6) is 17.4 Å². The molecule has 26 heavy (non-hydrogen) atoms. The van der Waals surface area contributed by atoms with Gasteiger partial charge < -0.3 is 20.5 Å². The fraction of sp³-hybridized carbons (Fsp3) is 0.400. The minimum atomic E-state index is -0.532. The Kier molecular flexibility index (Phi) is 6.97. The molecule has 0 aliphatic heterocycles. The number of ether oxygens (including phenoxy) is 2. The second kappa shape index (κ2) is 9.20. The average molecular weight is 357 g/mol. The van der Waals surface area contributed by atoms with Gasteiger partial charge in [0.2, 0.25) is 11.8 Å². The second-order valence-corrected chi connectivity index (χ2v) is 6.12. The number of hydrogen-bond donors (Lipinski definition) is 2. The van der Waals surface area contributed by atoms with Crippen molar-refractivity contribution in [1.82, 2.24) is 10.3 Å². The van der Waals surface area contributed by atoms with Crippen molar-refractivity contribution in [2.45, 2.75) is 33.2 Å². The van der Waals surface area contributed by atoms with Crippen molar-refractivity contribution >= 4 is 5.91 Å². The van der Waals surface area contributed by atoms with Crippen LogP contribution in [0.3, 0.4) is 0 Å². The van der Waals surface area contributed by atoms with Gasteiger partial charge in [0.1, 0.15) is 11.5 Å². The number of carbonyl (C=O) groups is 1. The molecule has 2 aromatic rings. The third kappa shape index (κ3) is 4.52. The van der Waals surface area contributed by atoms with E-state index in [4.69, 9.17) is 15.2 Å². The number of amides is 1. The van der Waals surface area contributed by atoms with E-state index >= 15 is 0 Å². The molecule has 0 fully saturated rings. The first-order valence-corrected chi connectivity index (χ1v) is 8.82. The number of nitrogens with one attached hydrogen (secondary N) is 1. The molecule has 0 aliphatic rings. The molecule has 1 heterocycles. The van der Waals surface area contributed by atoms with Gasteiger partial charge in [0, 0.05) is 30.9 Å². The Bertz CT molecular complexity index is 721. The third-order valence-corrected chi connectivity index (χ3v) is 4.77. The fourth-order valence-electron chi connectivity index (χ4n) is 2.74. The molecule has 3 N–H and O–H groups in total.